The molecule has 1 fully saturated rings. The third-order valence-corrected chi connectivity index (χ3v) is 3.78. The van der Waals surface area contributed by atoms with Gasteiger partial charge in [0, 0.05) is 24.8 Å². The summed E-state index contributed by atoms with van der Waals surface area (Å²) in [7, 11) is 0. The molecule has 0 radical (unpaired) electrons. The summed E-state index contributed by atoms with van der Waals surface area (Å²) >= 11 is 5.56. The number of amides is 1. The second-order valence-corrected chi connectivity index (χ2v) is 5.46. The Morgan fingerprint density at radius 2 is 1.95 bits per heavy atom. The first-order chi connectivity index (χ1) is 9.15. The van der Waals surface area contributed by atoms with E-state index in [0.29, 0.717) is 31.2 Å². The van der Waals surface area contributed by atoms with Crippen molar-refractivity contribution in [3.05, 3.63) is 0 Å². The predicted octanol–water partition coefficient (Wildman–Crippen LogP) is 2.63. The molecule has 0 spiro atoms. The molecule has 0 aromatic rings. The van der Waals surface area contributed by atoms with Crippen LogP contribution in [0.25, 0.3) is 0 Å². The average Bonchev–Trinajstić information content (AvgIpc) is 2.39. The first-order valence-corrected chi connectivity index (χ1v) is 7.70. The Hall–Kier alpha value is -0.770. The molecule has 0 unspecified atom stereocenters. The number of carbonyl (C=O) groups excluding carboxylic acids is 2. The molecule has 1 N–H and O–H groups in total. The molecular formula is C14H24ClNO3. The normalized spacial score (nSPS) is 22.8. The molecule has 1 aliphatic rings. The zero-order valence-corrected chi connectivity index (χ0v) is 12.4. The fourth-order valence-electron chi connectivity index (χ4n) is 2.49. The summed E-state index contributed by atoms with van der Waals surface area (Å²) in [6.07, 6.45) is 5.63. The van der Waals surface area contributed by atoms with Crippen LogP contribution in [0.2, 0.25) is 0 Å². The highest BCUT2D eigenvalue weighted by Crippen LogP contribution is 2.27. The van der Waals surface area contributed by atoms with Crippen LogP contribution in [0.3, 0.4) is 0 Å². The number of halogens is 1. The van der Waals surface area contributed by atoms with E-state index in [1.54, 1.807) is 0 Å². The molecule has 1 rings (SSSR count). The van der Waals surface area contributed by atoms with Gasteiger partial charge in [0.25, 0.3) is 0 Å². The van der Waals surface area contributed by atoms with E-state index in [1.807, 2.05) is 6.92 Å². The van der Waals surface area contributed by atoms with Crippen molar-refractivity contribution in [1.29, 1.82) is 0 Å². The number of rotatable bonds is 7. The number of hydrogen-bond acceptors (Lipinski definition) is 3. The molecule has 0 bridgehead atoms. The maximum Gasteiger partial charge on any atom is 0.306 e. The van der Waals surface area contributed by atoms with Crippen molar-refractivity contribution in [3.63, 3.8) is 0 Å². The van der Waals surface area contributed by atoms with Crippen LogP contribution in [0, 0.1) is 5.92 Å². The summed E-state index contributed by atoms with van der Waals surface area (Å²) < 4.78 is 4.96. The maximum atomic E-state index is 11.6. The number of alkyl halides is 1. The van der Waals surface area contributed by atoms with E-state index in [4.69, 9.17) is 16.3 Å². The highest BCUT2D eigenvalue weighted by atomic mass is 35.5. The molecule has 0 aromatic heterocycles. The molecule has 1 aliphatic carbocycles. The van der Waals surface area contributed by atoms with Crippen LogP contribution in [0.4, 0.5) is 0 Å². The maximum absolute atomic E-state index is 11.6. The van der Waals surface area contributed by atoms with Crippen LogP contribution in [0.1, 0.15) is 51.9 Å². The van der Waals surface area contributed by atoms with Crippen molar-refractivity contribution in [3.8, 4) is 0 Å². The van der Waals surface area contributed by atoms with Crippen LogP contribution in [-0.2, 0) is 14.3 Å². The molecular weight excluding hydrogens is 266 g/mol. The SMILES string of the molecule is CCOC(=O)C[C@H]1CC[C@H](NC(=O)CCCCl)CC1. The van der Waals surface area contributed by atoms with Crippen LogP contribution < -0.4 is 5.32 Å². The quantitative estimate of drug-likeness (QED) is 0.579. The van der Waals surface area contributed by atoms with Gasteiger partial charge in [-0.15, -0.1) is 11.6 Å². The van der Waals surface area contributed by atoms with E-state index in [0.717, 1.165) is 32.1 Å². The van der Waals surface area contributed by atoms with Crippen LogP contribution in [0.15, 0.2) is 0 Å². The summed E-state index contributed by atoms with van der Waals surface area (Å²) in [6, 6.07) is 0.265. The van der Waals surface area contributed by atoms with Crippen molar-refractivity contribution >= 4 is 23.5 Å². The molecule has 0 atom stereocenters. The lowest BCUT2D eigenvalue weighted by molar-refractivity contribution is -0.144. The predicted molar refractivity (Wildman–Crippen MR) is 75.1 cm³/mol. The summed E-state index contributed by atoms with van der Waals surface area (Å²) in [4.78, 5) is 23.0. The van der Waals surface area contributed by atoms with Crippen LogP contribution >= 0.6 is 11.6 Å². The molecule has 0 aromatic carbocycles. The number of esters is 1. The molecule has 1 saturated carbocycles. The smallest absolute Gasteiger partial charge is 0.306 e. The van der Waals surface area contributed by atoms with E-state index in [-0.39, 0.29) is 17.9 Å². The van der Waals surface area contributed by atoms with Crippen molar-refractivity contribution in [1.82, 2.24) is 5.32 Å². The third kappa shape index (κ3) is 6.81. The van der Waals surface area contributed by atoms with Crippen LogP contribution in [0.5, 0.6) is 0 Å². The van der Waals surface area contributed by atoms with Gasteiger partial charge in [-0.1, -0.05) is 0 Å². The second kappa shape index (κ2) is 9.18. The molecule has 110 valence electrons. The Morgan fingerprint density at radius 3 is 2.53 bits per heavy atom. The van der Waals surface area contributed by atoms with Crippen LogP contribution in [-0.4, -0.2) is 30.4 Å². The lowest BCUT2D eigenvalue weighted by atomic mass is 9.84. The van der Waals surface area contributed by atoms with Gasteiger partial charge in [0.15, 0.2) is 0 Å². The Labute approximate surface area is 120 Å². The Balaban J connectivity index is 2.18. The van der Waals surface area contributed by atoms with Gasteiger partial charge in [-0.3, -0.25) is 9.59 Å². The topological polar surface area (TPSA) is 55.4 Å². The van der Waals surface area contributed by atoms with Gasteiger partial charge in [0.2, 0.25) is 5.91 Å². The van der Waals surface area contributed by atoms with Crippen molar-refractivity contribution in [2.24, 2.45) is 5.92 Å². The van der Waals surface area contributed by atoms with E-state index in [2.05, 4.69) is 5.32 Å². The number of nitrogens with one attached hydrogen (secondary N) is 1. The summed E-state index contributed by atoms with van der Waals surface area (Å²) in [5, 5.41) is 3.04. The standard InChI is InChI=1S/C14H24ClNO3/c1-2-19-14(18)10-11-5-7-12(8-6-11)16-13(17)4-3-9-15/h11-12H,2-10H2,1H3,(H,16,17)/t11-,12-. The lowest BCUT2D eigenvalue weighted by Crippen LogP contribution is -2.37. The molecule has 0 saturated heterocycles. The van der Waals surface area contributed by atoms with Gasteiger partial charge in [-0.25, -0.2) is 0 Å². The zero-order valence-electron chi connectivity index (χ0n) is 11.6. The molecule has 0 heterocycles. The fraction of sp³-hybridized carbons (Fsp3) is 0.857. The summed E-state index contributed by atoms with van der Waals surface area (Å²) in [5.41, 5.74) is 0. The van der Waals surface area contributed by atoms with Crippen molar-refractivity contribution in [2.75, 3.05) is 12.5 Å². The third-order valence-electron chi connectivity index (χ3n) is 3.51. The highest BCUT2D eigenvalue weighted by Gasteiger charge is 2.24. The van der Waals surface area contributed by atoms with Crippen molar-refractivity contribution in [2.45, 2.75) is 57.9 Å². The lowest BCUT2D eigenvalue weighted by Gasteiger charge is -2.28. The largest absolute Gasteiger partial charge is 0.466 e. The van der Waals surface area contributed by atoms with E-state index >= 15 is 0 Å². The first kappa shape index (κ1) is 16.3. The minimum Gasteiger partial charge on any atom is -0.466 e. The van der Waals surface area contributed by atoms with E-state index in [1.165, 1.54) is 0 Å². The Bertz CT molecular complexity index is 288. The zero-order chi connectivity index (χ0) is 14.1. The van der Waals surface area contributed by atoms with E-state index < -0.39 is 0 Å². The van der Waals surface area contributed by atoms with Gasteiger partial charge >= 0.3 is 5.97 Å². The monoisotopic (exact) mass is 289 g/mol. The number of hydrogen-bond donors (Lipinski definition) is 1. The summed E-state index contributed by atoms with van der Waals surface area (Å²) in [6.45, 7) is 2.27. The van der Waals surface area contributed by atoms with Crippen molar-refractivity contribution < 1.29 is 14.3 Å². The highest BCUT2D eigenvalue weighted by molar-refractivity contribution is 6.17. The minimum atomic E-state index is -0.0999. The molecule has 1 amide bonds. The second-order valence-electron chi connectivity index (χ2n) is 5.09. The van der Waals surface area contributed by atoms with E-state index in [9.17, 15) is 9.59 Å². The van der Waals surface area contributed by atoms with Gasteiger partial charge < -0.3 is 10.1 Å². The molecule has 5 heteroatoms. The number of carbonyl (C=O) groups is 2. The molecule has 19 heavy (non-hydrogen) atoms. The first-order valence-electron chi connectivity index (χ1n) is 7.16. The van der Waals surface area contributed by atoms with Gasteiger partial charge in [-0.2, -0.15) is 0 Å². The molecule has 4 nitrogen and oxygen atoms in total. The molecule has 0 aliphatic heterocycles. The fourth-order valence-corrected chi connectivity index (χ4v) is 2.63. The Kier molecular flexibility index (Phi) is 7.87. The van der Waals surface area contributed by atoms with Gasteiger partial charge in [0.05, 0.1) is 6.61 Å². The average molecular weight is 290 g/mol. The summed E-state index contributed by atoms with van der Waals surface area (Å²) in [5.74, 6) is 0.932. The van der Waals surface area contributed by atoms with Gasteiger partial charge in [0.1, 0.15) is 0 Å². The minimum absolute atomic E-state index is 0.0921. The number of ether oxygens (including phenoxy) is 1. The van der Waals surface area contributed by atoms with Gasteiger partial charge in [-0.05, 0) is 44.9 Å². The Morgan fingerprint density at radius 1 is 1.26 bits per heavy atom.